The third kappa shape index (κ3) is 5.81. The van der Waals surface area contributed by atoms with Crippen molar-refractivity contribution in [1.82, 2.24) is 5.32 Å². The van der Waals surface area contributed by atoms with E-state index < -0.39 is 15.9 Å². The number of hydrogen-bond donors (Lipinski definition) is 1. The number of benzene rings is 3. The molecular formula is C24H25ClN2O4S. The van der Waals surface area contributed by atoms with Gasteiger partial charge in [0.15, 0.2) is 0 Å². The first-order valence-electron chi connectivity index (χ1n) is 10.1. The van der Waals surface area contributed by atoms with E-state index in [1.807, 2.05) is 38.1 Å². The van der Waals surface area contributed by atoms with Crippen LogP contribution in [0.2, 0.25) is 5.02 Å². The van der Waals surface area contributed by atoms with E-state index in [4.69, 9.17) is 16.3 Å². The van der Waals surface area contributed by atoms with Crippen molar-refractivity contribution in [2.45, 2.75) is 25.3 Å². The molecule has 3 aromatic rings. The van der Waals surface area contributed by atoms with E-state index in [1.54, 1.807) is 36.4 Å². The highest BCUT2D eigenvalue weighted by atomic mass is 35.5. The summed E-state index contributed by atoms with van der Waals surface area (Å²) in [5, 5.41) is 3.20. The first kappa shape index (κ1) is 23.6. The molecule has 0 spiro atoms. The van der Waals surface area contributed by atoms with Crippen LogP contribution in [0.1, 0.15) is 18.1 Å². The van der Waals surface area contributed by atoms with E-state index in [0.29, 0.717) is 23.1 Å². The molecule has 0 saturated carbocycles. The Kier molecular flexibility index (Phi) is 7.77. The number of carbonyl (C=O) groups is 1. The van der Waals surface area contributed by atoms with Crippen LogP contribution in [0.5, 0.6) is 5.75 Å². The van der Waals surface area contributed by atoms with Crippen molar-refractivity contribution in [2.24, 2.45) is 0 Å². The highest BCUT2D eigenvalue weighted by Gasteiger charge is 2.27. The fraction of sp³-hybridized carbons (Fsp3) is 0.208. The molecule has 1 amide bonds. The largest absolute Gasteiger partial charge is 0.494 e. The van der Waals surface area contributed by atoms with Gasteiger partial charge in [0.05, 0.1) is 17.2 Å². The van der Waals surface area contributed by atoms with Crippen LogP contribution < -0.4 is 14.4 Å². The van der Waals surface area contributed by atoms with Crippen LogP contribution in [0, 0.1) is 6.92 Å². The van der Waals surface area contributed by atoms with Crippen molar-refractivity contribution >= 4 is 33.2 Å². The maximum atomic E-state index is 13.3. The smallest absolute Gasteiger partial charge is 0.264 e. The monoisotopic (exact) mass is 472 g/mol. The van der Waals surface area contributed by atoms with Crippen LogP contribution in [0.3, 0.4) is 0 Å². The number of aryl methyl sites for hydroxylation is 1. The van der Waals surface area contributed by atoms with Crippen molar-refractivity contribution in [3.8, 4) is 5.75 Å². The van der Waals surface area contributed by atoms with Crippen LogP contribution >= 0.6 is 11.6 Å². The molecule has 6 nitrogen and oxygen atoms in total. The second kappa shape index (κ2) is 10.5. The standard InChI is InChI=1S/C24H25ClN2O4S/c1-3-31-21-9-7-8-19(14-21)16-26-24(28)17-27(20-13-12-18(2)23(25)15-20)32(29,30)22-10-5-4-6-11-22/h4-15H,3,16-17H2,1-2H3,(H,26,28). The maximum Gasteiger partial charge on any atom is 0.264 e. The van der Waals surface area contributed by atoms with Gasteiger partial charge in [0.25, 0.3) is 10.0 Å². The number of halogens is 1. The fourth-order valence-corrected chi connectivity index (χ4v) is 4.68. The minimum Gasteiger partial charge on any atom is -0.494 e. The number of amides is 1. The van der Waals surface area contributed by atoms with Crippen LogP contribution in [-0.2, 0) is 21.4 Å². The van der Waals surface area contributed by atoms with Crippen LogP contribution in [0.15, 0.2) is 77.7 Å². The Morgan fingerprint density at radius 1 is 1.03 bits per heavy atom. The van der Waals surface area contributed by atoms with E-state index in [9.17, 15) is 13.2 Å². The summed E-state index contributed by atoms with van der Waals surface area (Å²) >= 11 is 6.24. The lowest BCUT2D eigenvalue weighted by Crippen LogP contribution is -2.40. The summed E-state index contributed by atoms with van der Waals surface area (Å²) in [4.78, 5) is 12.9. The molecule has 168 valence electrons. The SMILES string of the molecule is CCOc1cccc(CNC(=O)CN(c2ccc(C)c(Cl)c2)S(=O)(=O)c2ccccc2)c1. The zero-order chi connectivity index (χ0) is 23.1. The Morgan fingerprint density at radius 2 is 1.78 bits per heavy atom. The molecule has 32 heavy (non-hydrogen) atoms. The second-order valence-electron chi connectivity index (χ2n) is 7.12. The van der Waals surface area contributed by atoms with Crippen LogP contribution in [0.4, 0.5) is 5.69 Å². The normalized spacial score (nSPS) is 11.1. The first-order chi connectivity index (χ1) is 15.3. The topological polar surface area (TPSA) is 75.7 Å². The zero-order valence-corrected chi connectivity index (χ0v) is 19.5. The van der Waals surface area contributed by atoms with Crippen molar-refractivity contribution in [3.05, 3.63) is 88.9 Å². The third-order valence-corrected chi connectivity index (χ3v) is 6.96. The summed E-state index contributed by atoms with van der Waals surface area (Å²) < 4.78 is 33.2. The fourth-order valence-electron chi connectivity index (χ4n) is 3.07. The molecule has 0 aliphatic rings. The number of ether oxygens (including phenoxy) is 1. The van der Waals surface area contributed by atoms with E-state index >= 15 is 0 Å². The molecule has 8 heteroatoms. The molecule has 0 aliphatic carbocycles. The molecule has 1 N–H and O–H groups in total. The summed E-state index contributed by atoms with van der Waals surface area (Å²) in [6, 6.07) is 20.3. The lowest BCUT2D eigenvalue weighted by Gasteiger charge is -2.24. The van der Waals surface area contributed by atoms with Gasteiger partial charge in [-0.1, -0.05) is 48.0 Å². The van der Waals surface area contributed by atoms with Crippen molar-refractivity contribution in [1.29, 1.82) is 0 Å². The van der Waals surface area contributed by atoms with E-state index in [0.717, 1.165) is 15.4 Å². The van der Waals surface area contributed by atoms with Gasteiger partial charge in [-0.2, -0.15) is 0 Å². The van der Waals surface area contributed by atoms with Gasteiger partial charge in [0.2, 0.25) is 5.91 Å². The van der Waals surface area contributed by atoms with Gasteiger partial charge in [0, 0.05) is 11.6 Å². The molecule has 3 aromatic carbocycles. The Balaban J connectivity index is 1.83. The number of nitrogens with one attached hydrogen (secondary N) is 1. The molecule has 0 fully saturated rings. The average Bonchev–Trinajstić information content (AvgIpc) is 2.79. The van der Waals surface area contributed by atoms with Crippen molar-refractivity contribution in [3.63, 3.8) is 0 Å². The van der Waals surface area contributed by atoms with Gasteiger partial charge >= 0.3 is 0 Å². The van der Waals surface area contributed by atoms with Gasteiger partial charge in [0.1, 0.15) is 12.3 Å². The molecule has 0 aromatic heterocycles. The molecule has 0 bridgehead atoms. The lowest BCUT2D eigenvalue weighted by atomic mass is 10.2. The highest BCUT2D eigenvalue weighted by molar-refractivity contribution is 7.92. The van der Waals surface area contributed by atoms with Gasteiger partial charge in [-0.15, -0.1) is 0 Å². The summed E-state index contributed by atoms with van der Waals surface area (Å²) in [7, 11) is -3.98. The first-order valence-corrected chi connectivity index (χ1v) is 12.0. The number of sulfonamides is 1. The molecule has 0 unspecified atom stereocenters. The minimum atomic E-state index is -3.98. The summed E-state index contributed by atoms with van der Waals surface area (Å²) in [6.45, 7) is 4.12. The van der Waals surface area contributed by atoms with E-state index in [2.05, 4.69) is 5.32 Å². The van der Waals surface area contributed by atoms with Gasteiger partial charge < -0.3 is 10.1 Å². The lowest BCUT2D eigenvalue weighted by molar-refractivity contribution is -0.119. The van der Waals surface area contributed by atoms with Crippen molar-refractivity contribution < 1.29 is 17.9 Å². The maximum absolute atomic E-state index is 13.3. The molecule has 0 atom stereocenters. The minimum absolute atomic E-state index is 0.0916. The van der Waals surface area contributed by atoms with E-state index in [1.165, 1.54) is 12.1 Å². The quantitative estimate of drug-likeness (QED) is 0.495. The molecule has 0 heterocycles. The van der Waals surface area contributed by atoms with Crippen LogP contribution in [0.25, 0.3) is 0 Å². The number of anilines is 1. The van der Waals surface area contributed by atoms with Crippen LogP contribution in [-0.4, -0.2) is 27.5 Å². The van der Waals surface area contributed by atoms with Gasteiger partial charge in [-0.25, -0.2) is 8.42 Å². The Hall–Kier alpha value is -3.03. The summed E-state index contributed by atoms with van der Waals surface area (Å²) in [5.41, 5.74) is 1.98. The van der Waals surface area contributed by atoms with Crippen molar-refractivity contribution in [2.75, 3.05) is 17.5 Å². The van der Waals surface area contributed by atoms with Gasteiger partial charge in [-0.05, 0) is 61.4 Å². The summed E-state index contributed by atoms with van der Waals surface area (Å²) in [5.74, 6) is 0.268. The zero-order valence-electron chi connectivity index (χ0n) is 17.9. The predicted molar refractivity (Wildman–Crippen MR) is 127 cm³/mol. The van der Waals surface area contributed by atoms with E-state index in [-0.39, 0.29) is 18.0 Å². The molecular weight excluding hydrogens is 448 g/mol. The predicted octanol–water partition coefficient (Wildman–Crippen LogP) is 4.56. The Labute approximate surface area is 193 Å². The third-order valence-electron chi connectivity index (χ3n) is 4.76. The Bertz CT molecular complexity index is 1180. The molecule has 0 aliphatic heterocycles. The Morgan fingerprint density at radius 3 is 2.47 bits per heavy atom. The number of nitrogens with zero attached hydrogens (tertiary/aromatic N) is 1. The number of carbonyl (C=O) groups excluding carboxylic acids is 1. The average molecular weight is 473 g/mol. The summed E-state index contributed by atoms with van der Waals surface area (Å²) in [6.07, 6.45) is 0. The van der Waals surface area contributed by atoms with Gasteiger partial charge in [-0.3, -0.25) is 9.10 Å². The molecule has 0 radical (unpaired) electrons. The number of hydrogen-bond acceptors (Lipinski definition) is 4. The second-order valence-corrected chi connectivity index (χ2v) is 9.38. The molecule has 0 saturated heterocycles. The highest BCUT2D eigenvalue weighted by Crippen LogP contribution is 2.28. The number of rotatable bonds is 9. The molecule has 3 rings (SSSR count).